The van der Waals surface area contributed by atoms with Crippen molar-refractivity contribution in [3.63, 3.8) is 0 Å². The highest BCUT2D eigenvalue weighted by Gasteiger charge is 2.13. The van der Waals surface area contributed by atoms with Crippen LogP contribution in [0.1, 0.15) is 10.4 Å². The number of aromatic carboxylic acids is 1. The van der Waals surface area contributed by atoms with E-state index in [4.69, 9.17) is 9.52 Å². The van der Waals surface area contributed by atoms with Crippen LogP contribution in [0.5, 0.6) is 5.75 Å². The van der Waals surface area contributed by atoms with E-state index < -0.39 is 11.6 Å². The van der Waals surface area contributed by atoms with Crippen LogP contribution in [-0.2, 0) is 0 Å². The third-order valence-corrected chi connectivity index (χ3v) is 4.66. The highest BCUT2D eigenvalue weighted by molar-refractivity contribution is 7.14. The molecule has 8 heteroatoms. The number of aromatic nitrogens is 1. The SMILES string of the molecule is O=C(O)c1cc(Nc2nc(-c3cc4ccccc4oc3=O)cs2)ccc1O. The minimum absolute atomic E-state index is 0.216. The number of carboxylic acids is 1. The summed E-state index contributed by atoms with van der Waals surface area (Å²) in [5.74, 6) is -1.55. The van der Waals surface area contributed by atoms with Crippen molar-refractivity contribution < 1.29 is 19.4 Å². The zero-order chi connectivity index (χ0) is 19.0. The number of carboxylic acid groups (broad SMARTS) is 1. The van der Waals surface area contributed by atoms with Gasteiger partial charge in [-0.3, -0.25) is 0 Å². The summed E-state index contributed by atoms with van der Waals surface area (Å²) < 4.78 is 5.33. The third-order valence-electron chi connectivity index (χ3n) is 3.90. The predicted molar refractivity (Wildman–Crippen MR) is 102 cm³/mol. The smallest absolute Gasteiger partial charge is 0.345 e. The first kappa shape index (κ1) is 16.8. The number of rotatable bonds is 4. The predicted octanol–water partition coefficient (Wildman–Crippen LogP) is 4.06. The quantitative estimate of drug-likeness (QED) is 0.361. The molecule has 0 aliphatic rings. The van der Waals surface area contributed by atoms with Crippen molar-refractivity contribution in [1.82, 2.24) is 4.98 Å². The first-order valence-corrected chi connectivity index (χ1v) is 8.71. The number of aromatic hydroxyl groups is 1. The molecule has 0 saturated heterocycles. The van der Waals surface area contributed by atoms with E-state index in [0.717, 1.165) is 5.39 Å². The molecule has 0 fully saturated rings. The van der Waals surface area contributed by atoms with Crippen LogP contribution in [0.25, 0.3) is 22.2 Å². The van der Waals surface area contributed by atoms with Crippen molar-refractivity contribution in [3.05, 3.63) is 69.9 Å². The molecule has 0 spiro atoms. The van der Waals surface area contributed by atoms with Gasteiger partial charge in [-0.2, -0.15) is 0 Å². The normalized spacial score (nSPS) is 10.8. The fraction of sp³-hybridized carbons (Fsp3) is 0. The number of thiazole rings is 1. The summed E-state index contributed by atoms with van der Waals surface area (Å²) in [5, 5.41) is 24.6. The average Bonchev–Trinajstić information content (AvgIpc) is 3.10. The van der Waals surface area contributed by atoms with Gasteiger partial charge in [-0.15, -0.1) is 11.3 Å². The Morgan fingerprint density at radius 3 is 2.78 bits per heavy atom. The third kappa shape index (κ3) is 3.25. The topological polar surface area (TPSA) is 113 Å². The van der Waals surface area contributed by atoms with Crippen LogP contribution in [0.3, 0.4) is 0 Å². The lowest BCUT2D eigenvalue weighted by molar-refractivity contribution is 0.0694. The molecule has 134 valence electrons. The summed E-state index contributed by atoms with van der Waals surface area (Å²) in [5.41, 5.74) is 1.06. The zero-order valence-electron chi connectivity index (χ0n) is 13.7. The van der Waals surface area contributed by atoms with Crippen molar-refractivity contribution in [2.75, 3.05) is 5.32 Å². The Bertz CT molecular complexity index is 1230. The van der Waals surface area contributed by atoms with Gasteiger partial charge < -0.3 is 19.9 Å². The number of hydrogen-bond acceptors (Lipinski definition) is 7. The number of carbonyl (C=O) groups is 1. The van der Waals surface area contributed by atoms with E-state index in [1.165, 1.54) is 29.5 Å². The first-order chi connectivity index (χ1) is 13.0. The highest BCUT2D eigenvalue weighted by atomic mass is 32.1. The Morgan fingerprint density at radius 1 is 1.15 bits per heavy atom. The standard InChI is InChI=1S/C19H12N2O5S/c22-15-6-5-11(8-13(15)17(23)24)20-19-21-14(9-27-19)12-7-10-3-1-2-4-16(10)26-18(12)25/h1-9,22H,(H,20,21)(H,23,24). The van der Waals surface area contributed by atoms with Crippen molar-refractivity contribution >= 4 is 39.1 Å². The molecular weight excluding hydrogens is 368 g/mol. The van der Waals surface area contributed by atoms with Crippen molar-refractivity contribution in [2.24, 2.45) is 0 Å². The van der Waals surface area contributed by atoms with Crippen LogP contribution in [-0.4, -0.2) is 21.2 Å². The fourth-order valence-corrected chi connectivity index (χ4v) is 3.33. The van der Waals surface area contributed by atoms with Gasteiger partial charge in [-0.1, -0.05) is 18.2 Å². The van der Waals surface area contributed by atoms with Crippen LogP contribution in [0.4, 0.5) is 10.8 Å². The average molecular weight is 380 g/mol. The zero-order valence-corrected chi connectivity index (χ0v) is 14.5. The number of fused-ring (bicyclic) bond motifs is 1. The minimum atomic E-state index is -1.23. The van der Waals surface area contributed by atoms with Crippen LogP contribution in [0.15, 0.2) is 63.1 Å². The number of nitrogens with one attached hydrogen (secondary N) is 1. The van der Waals surface area contributed by atoms with E-state index in [1.54, 1.807) is 23.6 Å². The summed E-state index contributed by atoms with van der Waals surface area (Å²) in [7, 11) is 0. The summed E-state index contributed by atoms with van der Waals surface area (Å²) >= 11 is 1.26. The number of phenols is 1. The van der Waals surface area contributed by atoms with E-state index in [2.05, 4.69) is 10.3 Å². The number of benzene rings is 2. The Kier molecular flexibility index (Phi) is 4.09. The second kappa shape index (κ2) is 6.58. The van der Waals surface area contributed by atoms with Crippen LogP contribution in [0.2, 0.25) is 0 Å². The van der Waals surface area contributed by atoms with E-state index >= 15 is 0 Å². The maximum Gasteiger partial charge on any atom is 0.345 e. The molecule has 0 radical (unpaired) electrons. The molecule has 4 rings (SSSR count). The molecule has 7 nitrogen and oxygen atoms in total. The van der Waals surface area contributed by atoms with E-state index in [9.17, 15) is 14.7 Å². The van der Waals surface area contributed by atoms with Gasteiger partial charge in [-0.05, 0) is 30.3 Å². The monoisotopic (exact) mass is 380 g/mol. The molecule has 3 N–H and O–H groups in total. The Labute approximate surface area is 156 Å². The Balaban J connectivity index is 1.66. The van der Waals surface area contributed by atoms with Crippen molar-refractivity contribution in [3.8, 4) is 17.0 Å². The maximum absolute atomic E-state index is 12.2. The first-order valence-electron chi connectivity index (χ1n) is 7.83. The van der Waals surface area contributed by atoms with E-state index in [-0.39, 0.29) is 11.3 Å². The number of anilines is 2. The van der Waals surface area contributed by atoms with Gasteiger partial charge in [0.25, 0.3) is 0 Å². The molecule has 27 heavy (non-hydrogen) atoms. The van der Waals surface area contributed by atoms with E-state index in [0.29, 0.717) is 27.7 Å². The van der Waals surface area contributed by atoms with Gasteiger partial charge in [0.05, 0.1) is 11.3 Å². The van der Waals surface area contributed by atoms with Crippen molar-refractivity contribution in [2.45, 2.75) is 0 Å². The molecule has 0 amide bonds. The summed E-state index contributed by atoms with van der Waals surface area (Å²) in [6, 6.07) is 13.1. The van der Waals surface area contributed by atoms with E-state index in [1.807, 2.05) is 12.1 Å². The Morgan fingerprint density at radius 2 is 1.96 bits per heavy atom. The van der Waals surface area contributed by atoms with Gasteiger partial charge in [-0.25, -0.2) is 14.6 Å². The molecule has 0 aliphatic carbocycles. The summed E-state index contributed by atoms with van der Waals surface area (Å²) in [6.07, 6.45) is 0. The van der Waals surface area contributed by atoms with Crippen LogP contribution < -0.4 is 10.9 Å². The molecule has 2 aromatic carbocycles. The number of nitrogens with zero attached hydrogens (tertiary/aromatic N) is 1. The number of hydrogen-bond donors (Lipinski definition) is 3. The summed E-state index contributed by atoms with van der Waals surface area (Å²) in [6.45, 7) is 0. The second-order valence-corrected chi connectivity index (χ2v) is 6.54. The minimum Gasteiger partial charge on any atom is -0.507 e. The molecule has 2 heterocycles. The maximum atomic E-state index is 12.2. The summed E-state index contributed by atoms with van der Waals surface area (Å²) in [4.78, 5) is 27.7. The molecule has 0 unspecified atom stereocenters. The molecular formula is C19H12N2O5S. The van der Waals surface area contributed by atoms with Crippen LogP contribution >= 0.6 is 11.3 Å². The van der Waals surface area contributed by atoms with Crippen molar-refractivity contribution in [1.29, 1.82) is 0 Å². The van der Waals surface area contributed by atoms with Gasteiger partial charge in [0.1, 0.15) is 16.9 Å². The lowest BCUT2D eigenvalue weighted by Crippen LogP contribution is -2.03. The fourth-order valence-electron chi connectivity index (χ4n) is 2.60. The van der Waals surface area contributed by atoms with Gasteiger partial charge in [0.2, 0.25) is 0 Å². The highest BCUT2D eigenvalue weighted by Crippen LogP contribution is 2.29. The molecule has 0 bridgehead atoms. The molecule has 0 saturated carbocycles. The molecule has 4 aromatic rings. The lowest BCUT2D eigenvalue weighted by atomic mass is 10.1. The van der Waals surface area contributed by atoms with Gasteiger partial charge >= 0.3 is 11.6 Å². The second-order valence-electron chi connectivity index (χ2n) is 5.69. The Hall–Kier alpha value is -3.65. The van der Waals surface area contributed by atoms with Crippen LogP contribution in [0, 0.1) is 0 Å². The molecule has 0 aliphatic heterocycles. The molecule has 2 aromatic heterocycles. The van der Waals surface area contributed by atoms with Gasteiger partial charge in [0.15, 0.2) is 5.13 Å². The van der Waals surface area contributed by atoms with Gasteiger partial charge in [0, 0.05) is 16.5 Å². The number of para-hydroxylation sites is 1. The lowest BCUT2D eigenvalue weighted by Gasteiger charge is -2.05. The molecule has 0 atom stereocenters. The largest absolute Gasteiger partial charge is 0.507 e.